The third-order valence-corrected chi connectivity index (χ3v) is 9.27. The molecular weight excluding hydrogens is 586 g/mol. The predicted octanol–water partition coefficient (Wildman–Crippen LogP) is 11.6. The van der Waals surface area contributed by atoms with E-state index in [1.165, 1.54) is 141 Å². The van der Waals surface area contributed by atoms with E-state index >= 15 is 0 Å². The maximum atomic E-state index is 10.2. The molecule has 2 unspecified atom stereocenters. The fraction of sp³-hybridized carbons (Fsp3) is 1.00. The van der Waals surface area contributed by atoms with E-state index in [1.54, 1.807) is 0 Å². The minimum Gasteiger partial charge on any atom is -0.394 e. The highest BCUT2D eigenvalue weighted by molar-refractivity contribution is 8.93. The molecule has 0 aromatic heterocycles. The average molecular weight is 665 g/mol. The summed E-state index contributed by atoms with van der Waals surface area (Å²) in [5.74, 6) is 0. The zero-order chi connectivity index (χ0) is 30.3. The number of aliphatic hydroxyl groups excluding tert-OH is 1. The van der Waals surface area contributed by atoms with Gasteiger partial charge in [0.15, 0.2) is 0 Å². The topological polar surface area (TPSA) is 64.7 Å². The van der Waals surface area contributed by atoms with E-state index in [2.05, 4.69) is 27.7 Å². The van der Waals surface area contributed by atoms with Crippen molar-refractivity contribution in [2.24, 2.45) is 5.73 Å². The number of nitrogens with two attached hydrogens (primary N) is 1. The smallest absolute Gasteiger partial charge is 0.107 e. The molecular formula is C37H78BrNO3. The molecule has 0 rings (SSSR count). The molecule has 0 aromatic carbocycles. The lowest BCUT2D eigenvalue weighted by molar-refractivity contribution is -0.103. The number of hydrogen-bond acceptors (Lipinski definition) is 4. The number of halogens is 1. The van der Waals surface area contributed by atoms with E-state index in [9.17, 15) is 5.11 Å². The second kappa shape index (κ2) is 34.2. The molecule has 0 aromatic rings. The van der Waals surface area contributed by atoms with Crippen molar-refractivity contribution in [3.63, 3.8) is 0 Å². The quantitative estimate of drug-likeness (QED) is 0.0672. The van der Waals surface area contributed by atoms with Gasteiger partial charge in [-0.2, -0.15) is 0 Å². The van der Waals surface area contributed by atoms with E-state index in [0.29, 0.717) is 6.61 Å². The van der Waals surface area contributed by atoms with Gasteiger partial charge >= 0.3 is 0 Å². The van der Waals surface area contributed by atoms with Crippen molar-refractivity contribution < 1.29 is 14.6 Å². The first-order chi connectivity index (χ1) is 20.1. The van der Waals surface area contributed by atoms with Crippen LogP contribution >= 0.6 is 17.0 Å². The van der Waals surface area contributed by atoms with E-state index < -0.39 is 0 Å². The van der Waals surface area contributed by atoms with Crippen LogP contribution in [0.3, 0.4) is 0 Å². The predicted molar refractivity (Wildman–Crippen MR) is 191 cm³/mol. The zero-order valence-corrected chi connectivity index (χ0v) is 30.8. The summed E-state index contributed by atoms with van der Waals surface area (Å²) in [5, 5.41) is 10.2. The van der Waals surface area contributed by atoms with Crippen molar-refractivity contribution in [3.05, 3.63) is 0 Å². The molecule has 0 fully saturated rings. The van der Waals surface area contributed by atoms with Gasteiger partial charge in [0.2, 0.25) is 0 Å². The van der Waals surface area contributed by atoms with Crippen LogP contribution < -0.4 is 5.73 Å². The van der Waals surface area contributed by atoms with Crippen molar-refractivity contribution in [3.8, 4) is 0 Å². The summed E-state index contributed by atoms with van der Waals surface area (Å²) in [5.41, 5.74) is 6.44. The molecule has 42 heavy (non-hydrogen) atoms. The van der Waals surface area contributed by atoms with Gasteiger partial charge in [0, 0.05) is 18.8 Å². The minimum absolute atomic E-state index is 0. The molecule has 0 radical (unpaired) electrons. The molecule has 0 bridgehead atoms. The number of aliphatic hydroxyl groups is 1. The number of unbranched alkanes of at least 4 members (excludes halogenated alkanes) is 22. The Morgan fingerprint density at radius 3 is 1.05 bits per heavy atom. The van der Waals surface area contributed by atoms with Crippen LogP contribution in [0.1, 0.15) is 201 Å². The molecule has 4 nitrogen and oxygen atoms in total. The third-order valence-electron chi connectivity index (χ3n) is 9.27. The SMILES string of the molecule is Br.CCCCCCCCCCCCCCOC(CO)C(CC(N)(CC)CC)OCCCCCCCCCCCCCC. The molecule has 256 valence electrons. The first kappa shape index (κ1) is 44.4. The summed E-state index contributed by atoms with van der Waals surface area (Å²) < 4.78 is 12.6. The second-order valence-corrected chi connectivity index (χ2v) is 13.1. The summed E-state index contributed by atoms with van der Waals surface area (Å²) in [7, 11) is 0. The fourth-order valence-corrected chi connectivity index (χ4v) is 5.87. The van der Waals surface area contributed by atoms with Gasteiger partial charge in [-0.3, -0.25) is 0 Å². The summed E-state index contributed by atoms with van der Waals surface area (Å²) >= 11 is 0. The van der Waals surface area contributed by atoms with Crippen molar-refractivity contribution in [2.45, 2.75) is 219 Å². The maximum Gasteiger partial charge on any atom is 0.107 e. The van der Waals surface area contributed by atoms with Crippen LogP contribution in [-0.2, 0) is 9.47 Å². The van der Waals surface area contributed by atoms with E-state index in [-0.39, 0.29) is 41.3 Å². The van der Waals surface area contributed by atoms with Crippen molar-refractivity contribution >= 4 is 17.0 Å². The monoisotopic (exact) mass is 664 g/mol. The van der Waals surface area contributed by atoms with Crippen LogP contribution in [0, 0.1) is 0 Å². The van der Waals surface area contributed by atoms with E-state index in [0.717, 1.165) is 38.7 Å². The Hall–Kier alpha value is 0.320. The van der Waals surface area contributed by atoms with Gasteiger partial charge < -0.3 is 20.3 Å². The van der Waals surface area contributed by atoms with Crippen molar-refractivity contribution in [1.29, 1.82) is 0 Å². The highest BCUT2D eigenvalue weighted by atomic mass is 79.9. The van der Waals surface area contributed by atoms with Crippen LogP contribution in [0.2, 0.25) is 0 Å². The highest BCUT2D eigenvalue weighted by Crippen LogP contribution is 2.24. The largest absolute Gasteiger partial charge is 0.394 e. The molecule has 0 aliphatic rings. The van der Waals surface area contributed by atoms with Gasteiger partial charge in [-0.1, -0.05) is 169 Å². The molecule has 0 amide bonds. The van der Waals surface area contributed by atoms with Gasteiger partial charge in [-0.15, -0.1) is 17.0 Å². The maximum absolute atomic E-state index is 10.2. The van der Waals surface area contributed by atoms with Crippen LogP contribution in [0.15, 0.2) is 0 Å². The Labute approximate surface area is 275 Å². The highest BCUT2D eigenvalue weighted by Gasteiger charge is 2.31. The lowest BCUT2D eigenvalue weighted by Gasteiger charge is -2.35. The summed E-state index contributed by atoms with van der Waals surface area (Å²) in [6.07, 6.45) is 34.4. The molecule has 2 atom stereocenters. The zero-order valence-electron chi connectivity index (χ0n) is 29.1. The Bertz CT molecular complexity index is 503. The number of hydrogen-bond donors (Lipinski definition) is 2. The van der Waals surface area contributed by atoms with Gasteiger partial charge in [-0.05, 0) is 32.1 Å². The molecule has 0 aliphatic carbocycles. The molecule has 0 aliphatic heterocycles. The third kappa shape index (κ3) is 27.8. The Kier molecular flexibility index (Phi) is 36.2. The standard InChI is InChI=1S/C37H77NO3.BrH/c1-5-9-11-13-15-17-19-21-23-25-27-29-31-40-35(33-37(38,7-3)8-4)36(34-39)41-32-30-28-26-24-22-20-18-16-14-12-10-6-2;/h35-36,39H,5-34,38H2,1-4H3;1H. The Balaban J connectivity index is 0. The van der Waals surface area contributed by atoms with Crippen LogP contribution in [0.4, 0.5) is 0 Å². The summed E-state index contributed by atoms with van der Waals surface area (Å²) in [4.78, 5) is 0. The van der Waals surface area contributed by atoms with Gasteiger partial charge in [0.25, 0.3) is 0 Å². The number of rotatable bonds is 34. The molecule has 0 saturated heterocycles. The molecule has 5 heteroatoms. The van der Waals surface area contributed by atoms with Gasteiger partial charge in [-0.25, -0.2) is 0 Å². The lowest BCUT2D eigenvalue weighted by Crippen LogP contribution is -2.47. The normalized spacial score (nSPS) is 13.3. The minimum atomic E-state index is -0.277. The molecule has 3 N–H and O–H groups in total. The lowest BCUT2D eigenvalue weighted by atomic mass is 9.86. The van der Waals surface area contributed by atoms with Crippen molar-refractivity contribution in [2.75, 3.05) is 19.8 Å². The molecule has 0 heterocycles. The Morgan fingerprint density at radius 2 is 0.762 bits per heavy atom. The fourth-order valence-electron chi connectivity index (χ4n) is 5.87. The van der Waals surface area contributed by atoms with Gasteiger partial charge in [0.05, 0.1) is 12.7 Å². The van der Waals surface area contributed by atoms with E-state index in [4.69, 9.17) is 15.2 Å². The van der Waals surface area contributed by atoms with Crippen LogP contribution in [0.5, 0.6) is 0 Å². The van der Waals surface area contributed by atoms with Crippen molar-refractivity contribution in [1.82, 2.24) is 0 Å². The Morgan fingerprint density at radius 1 is 0.476 bits per heavy atom. The van der Waals surface area contributed by atoms with Crippen LogP contribution in [-0.4, -0.2) is 42.7 Å². The average Bonchev–Trinajstić information content (AvgIpc) is 2.99. The van der Waals surface area contributed by atoms with E-state index in [1.807, 2.05) is 0 Å². The molecule has 0 spiro atoms. The first-order valence-corrected chi connectivity index (χ1v) is 18.7. The molecule has 0 saturated carbocycles. The first-order valence-electron chi connectivity index (χ1n) is 18.7. The summed E-state index contributed by atoms with van der Waals surface area (Å²) in [6, 6.07) is 0. The summed E-state index contributed by atoms with van der Waals surface area (Å²) in [6.45, 7) is 10.3. The van der Waals surface area contributed by atoms with Gasteiger partial charge in [0.1, 0.15) is 6.10 Å². The second-order valence-electron chi connectivity index (χ2n) is 13.1. The number of ether oxygens (including phenoxy) is 2. The van der Waals surface area contributed by atoms with Crippen LogP contribution in [0.25, 0.3) is 0 Å².